The van der Waals surface area contributed by atoms with Crippen molar-refractivity contribution in [3.63, 3.8) is 0 Å². The molecular weight excluding hydrogens is 283 g/mol. The summed E-state index contributed by atoms with van der Waals surface area (Å²) in [7, 11) is 1.54. The SMILES string of the molecule is CCOC(=O)C(C)(COc1ccc(F)cc1[N+](=O)[O-])NC. The van der Waals surface area contributed by atoms with E-state index in [0.717, 1.165) is 18.2 Å². The van der Waals surface area contributed by atoms with Crippen LogP contribution in [0, 0.1) is 15.9 Å². The van der Waals surface area contributed by atoms with Gasteiger partial charge in [-0.1, -0.05) is 0 Å². The lowest BCUT2D eigenvalue weighted by Gasteiger charge is -2.26. The van der Waals surface area contributed by atoms with Crippen molar-refractivity contribution in [1.29, 1.82) is 0 Å². The second kappa shape index (κ2) is 6.98. The summed E-state index contributed by atoms with van der Waals surface area (Å²) in [5, 5.41) is 13.6. The third kappa shape index (κ3) is 4.12. The maximum atomic E-state index is 13.0. The van der Waals surface area contributed by atoms with Gasteiger partial charge in [0, 0.05) is 0 Å². The highest BCUT2D eigenvalue weighted by molar-refractivity contribution is 5.80. The number of ether oxygens (including phenoxy) is 2. The minimum atomic E-state index is -1.17. The summed E-state index contributed by atoms with van der Waals surface area (Å²) in [4.78, 5) is 21.9. The van der Waals surface area contributed by atoms with E-state index < -0.39 is 27.9 Å². The molecule has 0 amide bonds. The average Bonchev–Trinajstić information content (AvgIpc) is 2.45. The van der Waals surface area contributed by atoms with Crippen molar-refractivity contribution < 1.29 is 23.6 Å². The van der Waals surface area contributed by atoms with Crippen LogP contribution >= 0.6 is 0 Å². The zero-order valence-electron chi connectivity index (χ0n) is 12.0. The van der Waals surface area contributed by atoms with Gasteiger partial charge >= 0.3 is 11.7 Å². The molecule has 0 radical (unpaired) electrons. The van der Waals surface area contributed by atoms with E-state index in [2.05, 4.69) is 5.32 Å². The van der Waals surface area contributed by atoms with Crippen LogP contribution < -0.4 is 10.1 Å². The van der Waals surface area contributed by atoms with Gasteiger partial charge in [0.05, 0.1) is 17.6 Å². The van der Waals surface area contributed by atoms with Gasteiger partial charge in [-0.15, -0.1) is 0 Å². The second-order valence-corrected chi connectivity index (χ2v) is 4.46. The van der Waals surface area contributed by atoms with E-state index in [1.54, 1.807) is 20.9 Å². The number of benzene rings is 1. The number of likely N-dealkylation sites (N-methyl/N-ethyl adjacent to an activating group) is 1. The molecule has 1 unspecified atom stereocenters. The summed E-state index contributed by atoms with van der Waals surface area (Å²) in [6, 6.07) is 2.95. The third-order valence-corrected chi connectivity index (χ3v) is 2.91. The number of nitrogens with one attached hydrogen (secondary N) is 1. The summed E-state index contributed by atoms with van der Waals surface area (Å²) in [5.74, 6) is -1.40. The van der Waals surface area contributed by atoms with E-state index >= 15 is 0 Å². The number of nitro groups is 1. The highest BCUT2D eigenvalue weighted by Crippen LogP contribution is 2.28. The first-order chi connectivity index (χ1) is 9.84. The first kappa shape index (κ1) is 16.8. The van der Waals surface area contributed by atoms with Crippen LogP contribution in [0.15, 0.2) is 18.2 Å². The fourth-order valence-electron chi connectivity index (χ4n) is 1.50. The number of carbonyl (C=O) groups excluding carboxylic acids is 1. The van der Waals surface area contributed by atoms with Gasteiger partial charge in [-0.2, -0.15) is 0 Å². The first-order valence-electron chi connectivity index (χ1n) is 6.27. The molecule has 1 aromatic carbocycles. The number of esters is 1. The molecule has 0 aromatic heterocycles. The lowest BCUT2D eigenvalue weighted by atomic mass is 10.1. The molecule has 0 saturated heterocycles. The standard InChI is InChI=1S/C13H17FN2O5/c1-4-20-12(17)13(2,15-3)8-21-11-6-5-9(14)7-10(11)16(18)19/h5-7,15H,4,8H2,1-3H3. The maximum Gasteiger partial charge on any atom is 0.329 e. The van der Waals surface area contributed by atoms with Gasteiger partial charge in [0.1, 0.15) is 18.0 Å². The minimum absolute atomic E-state index is 0.118. The minimum Gasteiger partial charge on any atom is -0.484 e. The van der Waals surface area contributed by atoms with E-state index in [-0.39, 0.29) is 19.0 Å². The summed E-state index contributed by atoms with van der Waals surface area (Å²) in [6.45, 7) is 3.21. The van der Waals surface area contributed by atoms with Crippen molar-refractivity contribution in [2.75, 3.05) is 20.3 Å². The largest absolute Gasteiger partial charge is 0.484 e. The van der Waals surface area contributed by atoms with E-state index in [4.69, 9.17) is 9.47 Å². The monoisotopic (exact) mass is 300 g/mol. The summed E-state index contributed by atoms with van der Waals surface area (Å²) in [5.41, 5.74) is -1.67. The molecule has 0 fully saturated rings. The molecule has 1 rings (SSSR count). The molecule has 1 atom stereocenters. The van der Waals surface area contributed by atoms with Crippen LogP contribution in [0.1, 0.15) is 13.8 Å². The topological polar surface area (TPSA) is 90.7 Å². The van der Waals surface area contributed by atoms with Crippen LogP contribution in [0.25, 0.3) is 0 Å². The zero-order valence-corrected chi connectivity index (χ0v) is 12.0. The van der Waals surface area contributed by atoms with Crippen LogP contribution in [0.2, 0.25) is 0 Å². The smallest absolute Gasteiger partial charge is 0.329 e. The lowest BCUT2D eigenvalue weighted by Crippen LogP contribution is -2.53. The summed E-state index contributed by atoms with van der Waals surface area (Å²) >= 11 is 0. The van der Waals surface area contributed by atoms with Gasteiger partial charge in [-0.3, -0.25) is 10.1 Å². The predicted molar refractivity (Wildman–Crippen MR) is 72.6 cm³/mol. The van der Waals surface area contributed by atoms with Crippen molar-refractivity contribution >= 4 is 11.7 Å². The number of halogens is 1. The van der Waals surface area contributed by atoms with Gasteiger partial charge in [0.15, 0.2) is 5.75 Å². The van der Waals surface area contributed by atoms with Crippen molar-refractivity contribution in [2.45, 2.75) is 19.4 Å². The second-order valence-electron chi connectivity index (χ2n) is 4.46. The molecule has 0 aliphatic rings. The fraction of sp³-hybridized carbons (Fsp3) is 0.462. The van der Waals surface area contributed by atoms with Crippen LogP contribution in [0.4, 0.5) is 10.1 Å². The van der Waals surface area contributed by atoms with Gasteiger partial charge < -0.3 is 14.8 Å². The third-order valence-electron chi connectivity index (χ3n) is 2.91. The molecule has 8 heteroatoms. The molecule has 21 heavy (non-hydrogen) atoms. The Hall–Kier alpha value is -2.22. The van der Waals surface area contributed by atoms with Crippen LogP contribution in [0.5, 0.6) is 5.75 Å². The Bertz CT molecular complexity index is 537. The van der Waals surface area contributed by atoms with Crippen molar-refractivity contribution in [3.05, 3.63) is 34.1 Å². The van der Waals surface area contributed by atoms with Crippen LogP contribution in [0.3, 0.4) is 0 Å². The highest BCUT2D eigenvalue weighted by atomic mass is 19.1. The van der Waals surface area contributed by atoms with Gasteiger partial charge in [-0.05, 0) is 33.0 Å². The van der Waals surface area contributed by atoms with Crippen molar-refractivity contribution in [2.24, 2.45) is 0 Å². The molecule has 1 aromatic rings. The number of rotatable bonds is 7. The van der Waals surface area contributed by atoms with E-state index in [1.807, 2.05) is 0 Å². The van der Waals surface area contributed by atoms with E-state index in [1.165, 1.54) is 0 Å². The van der Waals surface area contributed by atoms with Gasteiger partial charge in [0.25, 0.3) is 0 Å². The van der Waals surface area contributed by atoms with Crippen LogP contribution in [-0.2, 0) is 9.53 Å². The zero-order chi connectivity index (χ0) is 16.0. The Morgan fingerprint density at radius 1 is 1.52 bits per heavy atom. The van der Waals surface area contributed by atoms with E-state index in [0.29, 0.717) is 0 Å². The van der Waals surface area contributed by atoms with Crippen molar-refractivity contribution in [1.82, 2.24) is 5.32 Å². The molecule has 0 aliphatic heterocycles. The Labute approximate surface area is 121 Å². The number of nitrogens with zero attached hydrogens (tertiary/aromatic N) is 1. The van der Waals surface area contributed by atoms with Crippen molar-refractivity contribution in [3.8, 4) is 5.75 Å². The molecule has 1 N–H and O–H groups in total. The Morgan fingerprint density at radius 3 is 2.71 bits per heavy atom. The Balaban J connectivity index is 2.91. The molecule has 0 heterocycles. The summed E-state index contributed by atoms with van der Waals surface area (Å²) < 4.78 is 23.2. The number of hydrogen-bond donors (Lipinski definition) is 1. The highest BCUT2D eigenvalue weighted by Gasteiger charge is 2.35. The fourth-order valence-corrected chi connectivity index (χ4v) is 1.50. The normalized spacial score (nSPS) is 13.3. The molecule has 116 valence electrons. The van der Waals surface area contributed by atoms with Crippen LogP contribution in [-0.4, -0.2) is 36.7 Å². The summed E-state index contributed by atoms with van der Waals surface area (Å²) in [6.07, 6.45) is 0. The lowest BCUT2D eigenvalue weighted by molar-refractivity contribution is -0.386. The quantitative estimate of drug-likeness (QED) is 0.468. The molecule has 0 aliphatic carbocycles. The Morgan fingerprint density at radius 2 is 2.19 bits per heavy atom. The van der Waals surface area contributed by atoms with E-state index in [9.17, 15) is 19.3 Å². The van der Waals surface area contributed by atoms with Gasteiger partial charge in [-0.25, -0.2) is 9.18 Å². The molecule has 0 bridgehead atoms. The number of hydrogen-bond acceptors (Lipinski definition) is 6. The molecule has 0 spiro atoms. The maximum absolute atomic E-state index is 13.0. The molecule has 7 nitrogen and oxygen atoms in total. The number of carbonyl (C=O) groups is 1. The Kier molecular flexibility index (Phi) is 5.60. The van der Waals surface area contributed by atoms with Gasteiger partial charge in [0.2, 0.25) is 0 Å². The number of nitro benzene ring substituents is 1. The molecule has 0 saturated carbocycles. The predicted octanol–water partition coefficient (Wildman–Crippen LogP) is 1.65. The first-order valence-corrected chi connectivity index (χ1v) is 6.27. The molecular formula is C13H17FN2O5. The average molecular weight is 300 g/mol.